The number of aromatic nitrogens is 3. The van der Waals surface area contributed by atoms with E-state index in [4.69, 9.17) is 5.10 Å². The van der Waals surface area contributed by atoms with E-state index >= 15 is 0 Å². The molecule has 2 aromatic heterocycles. The summed E-state index contributed by atoms with van der Waals surface area (Å²) in [5.74, 6) is 1.17. The smallest absolute Gasteiger partial charge is 0.223 e. The molecule has 0 atom stereocenters. The molecule has 2 aromatic carbocycles. The number of anilines is 1. The van der Waals surface area contributed by atoms with Gasteiger partial charge in [-0.15, -0.1) is 0 Å². The first-order valence-electron chi connectivity index (χ1n) is 11.8. The lowest BCUT2D eigenvalue weighted by Gasteiger charge is -2.35. The average Bonchev–Trinajstić information content (AvgIpc) is 3.33. The summed E-state index contributed by atoms with van der Waals surface area (Å²) in [5, 5.41) is 4.89. The Kier molecular flexibility index (Phi) is 6.38. The minimum atomic E-state index is 0.197. The fraction of sp³-hybridized carbons (Fsp3) is 0.250. The van der Waals surface area contributed by atoms with Gasteiger partial charge in [-0.05, 0) is 43.2 Å². The average molecular weight is 452 g/mol. The summed E-state index contributed by atoms with van der Waals surface area (Å²) in [6, 6.07) is 24.5. The molecule has 172 valence electrons. The Balaban J connectivity index is 1.28. The summed E-state index contributed by atoms with van der Waals surface area (Å²) in [7, 11) is 0. The topological polar surface area (TPSA) is 54.3 Å². The molecule has 1 aliphatic heterocycles. The Labute approximate surface area is 200 Å². The molecule has 5 rings (SSSR count). The second-order valence-corrected chi connectivity index (χ2v) is 8.70. The van der Waals surface area contributed by atoms with Gasteiger partial charge in [-0.25, -0.2) is 9.67 Å². The molecule has 34 heavy (non-hydrogen) atoms. The molecule has 0 saturated carbocycles. The molecular formula is C28H29N5O. The lowest BCUT2D eigenvalue weighted by atomic mass is 10.0. The van der Waals surface area contributed by atoms with Crippen LogP contribution in [0.25, 0.3) is 16.9 Å². The number of piperazine rings is 1. The molecule has 0 radical (unpaired) electrons. The Morgan fingerprint density at radius 1 is 0.882 bits per heavy atom. The van der Waals surface area contributed by atoms with Crippen LogP contribution in [-0.2, 0) is 11.2 Å². The van der Waals surface area contributed by atoms with E-state index in [0.717, 1.165) is 54.5 Å². The first-order chi connectivity index (χ1) is 16.7. The zero-order chi connectivity index (χ0) is 23.3. The van der Waals surface area contributed by atoms with Gasteiger partial charge in [-0.3, -0.25) is 4.79 Å². The van der Waals surface area contributed by atoms with Gasteiger partial charge < -0.3 is 9.80 Å². The van der Waals surface area contributed by atoms with Gasteiger partial charge in [0, 0.05) is 50.6 Å². The van der Waals surface area contributed by atoms with Gasteiger partial charge >= 0.3 is 0 Å². The highest BCUT2D eigenvalue weighted by Crippen LogP contribution is 2.26. The second-order valence-electron chi connectivity index (χ2n) is 8.70. The predicted molar refractivity (Wildman–Crippen MR) is 135 cm³/mol. The van der Waals surface area contributed by atoms with Crippen LogP contribution in [0.3, 0.4) is 0 Å². The maximum Gasteiger partial charge on any atom is 0.223 e. The highest BCUT2D eigenvalue weighted by Gasteiger charge is 2.22. The number of carbonyl (C=O) groups is 1. The quantitative estimate of drug-likeness (QED) is 0.432. The van der Waals surface area contributed by atoms with E-state index in [0.29, 0.717) is 12.8 Å². The summed E-state index contributed by atoms with van der Waals surface area (Å²) in [4.78, 5) is 21.7. The molecule has 0 bridgehead atoms. The van der Waals surface area contributed by atoms with E-state index in [1.54, 1.807) is 0 Å². The lowest BCUT2D eigenvalue weighted by molar-refractivity contribution is -0.131. The van der Waals surface area contributed by atoms with Gasteiger partial charge in [0.15, 0.2) is 0 Å². The minimum Gasteiger partial charge on any atom is -0.353 e. The van der Waals surface area contributed by atoms with Crippen molar-refractivity contribution >= 4 is 11.7 Å². The van der Waals surface area contributed by atoms with E-state index in [1.807, 2.05) is 64.3 Å². The first kappa shape index (κ1) is 21.9. The number of hydrogen-bond acceptors (Lipinski definition) is 4. The van der Waals surface area contributed by atoms with Crippen LogP contribution >= 0.6 is 0 Å². The zero-order valence-electron chi connectivity index (χ0n) is 19.5. The Morgan fingerprint density at radius 2 is 1.62 bits per heavy atom. The van der Waals surface area contributed by atoms with Crippen LogP contribution in [0.4, 0.5) is 5.82 Å². The van der Waals surface area contributed by atoms with Gasteiger partial charge in [0.25, 0.3) is 0 Å². The van der Waals surface area contributed by atoms with Crippen molar-refractivity contribution in [3.05, 3.63) is 96.3 Å². The summed E-state index contributed by atoms with van der Waals surface area (Å²) in [6.07, 6.45) is 5.02. The van der Waals surface area contributed by atoms with Crippen molar-refractivity contribution in [1.82, 2.24) is 19.7 Å². The number of carbonyl (C=O) groups excluding carboxylic acids is 1. The number of rotatable bonds is 6. The van der Waals surface area contributed by atoms with Crippen molar-refractivity contribution in [3.8, 4) is 16.9 Å². The summed E-state index contributed by atoms with van der Waals surface area (Å²) < 4.78 is 1.92. The normalized spacial score (nSPS) is 13.8. The molecule has 4 aromatic rings. The predicted octanol–water partition coefficient (Wildman–Crippen LogP) is 4.52. The van der Waals surface area contributed by atoms with Gasteiger partial charge in [0.1, 0.15) is 5.82 Å². The number of aryl methyl sites for hydroxylation is 2. The van der Waals surface area contributed by atoms with Crippen LogP contribution in [0.15, 0.2) is 85.2 Å². The number of para-hydroxylation sites is 1. The molecule has 1 amide bonds. The monoisotopic (exact) mass is 451 g/mol. The third kappa shape index (κ3) is 4.86. The molecule has 3 heterocycles. The third-order valence-electron chi connectivity index (χ3n) is 6.35. The van der Waals surface area contributed by atoms with Crippen molar-refractivity contribution in [2.45, 2.75) is 19.8 Å². The third-order valence-corrected chi connectivity index (χ3v) is 6.35. The van der Waals surface area contributed by atoms with Gasteiger partial charge in [-0.1, -0.05) is 54.1 Å². The van der Waals surface area contributed by atoms with Crippen LogP contribution in [0.5, 0.6) is 0 Å². The van der Waals surface area contributed by atoms with Crippen molar-refractivity contribution in [2.24, 2.45) is 0 Å². The number of benzene rings is 2. The molecule has 6 nitrogen and oxygen atoms in total. The standard InChI is InChI=1S/C28H29N5O/c1-22-10-12-23(13-11-22)28-24(21-33(30-28)25-7-3-2-4-8-25)14-15-27(34)32-19-17-31(18-20-32)26-9-5-6-16-29-26/h2-13,16,21H,14-15,17-20H2,1H3. The highest BCUT2D eigenvalue weighted by molar-refractivity contribution is 5.77. The largest absolute Gasteiger partial charge is 0.353 e. The summed E-state index contributed by atoms with van der Waals surface area (Å²) in [5.41, 5.74) is 5.34. The molecule has 0 spiro atoms. The summed E-state index contributed by atoms with van der Waals surface area (Å²) >= 11 is 0. The van der Waals surface area contributed by atoms with Gasteiger partial charge in [0.05, 0.1) is 11.4 Å². The molecule has 0 aliphatic carbocycles. The van der Waals surface area contributed by atoms with Crippen molar-refractivity contribution in [3.63, 3.8) is 0 Å². The van der Waals surface area contributed by atoms with Crippen molar-refractivity contribution in [1.29, 1.82) is 0 Å². The van der Waals surface area contributed by atoms with Gasteiger partial charge in [0.2, 0.25) is 5.91 Å². The lowest BCUT2D eigenvalue weighted by Crippen LogP contribution is -2.49. The number of nitrogens with zero attached hydrogens (tertiary/aromatic N) is 5. The fourth-order valence-corrected chi connectivity index (χ4v) is 4.39. The molecule has 1 fully saturated rings. The number of amides is 1. The number of hydrogen-bond donors (Lipinski definition) is 0. The molecule has 0 N–H and O–H groups in total. The first-order valence-corrected chi connectivity index (χ1v) is 11.8. The van der Waals surface area contributed by atoms with Crippen molar-refractivity contribution in [2.75, 3.05) is 31.1 Å². The minimum absolute atomic E-state index is 0.197. The maximum atomic E-state index is 13.0. The van der Waals surface area contributed by atoms with Crippen LogP contribution in [0.2, 0.25) is 0 Å². The van der Waals surface area contributed by atoms with Crippen molar-refractivity contribution < 1.29 is 4.79 Å². The van der Waals surface area contributed by atoms with E-state index in [2.05, 4.69) is 47.3 Å². The SMILES string of the molecule is Cc1ccc(-c2nn(-c3ccccc3)cc2CCC(=O)N2CCN(c3ccccn3)CC2)cc1. The second kappa shape index (κ2) is 9.91. The van der Waals surface area contributed by atoms with Crippen LogP contribution in [-0.4, -0.2) is 51.8 Å². The Hall–Kier alpha value is -3.93. The van der Waals surface area contributed by atoms with Crippen LogP contribution in [0.1, 0.15) is 17.5 Å². The number of pyridine rings is 1. The summed E-state index contributed by atoms with van der Waals surface area (Å²) in [6.45, 7) is 5.15. The highest BCUT2D eigenvalue weighted by atomic mass is 16.2. The van der Waals surface area contributed by atoms with E-state index in [1.165, 1.54) is 5.56 Å². The molecule has 0 unspecified atom stereocenters. The van der Waals surface area contributed by atoms with E-state index in [-0.39, 0.29) is 5.91 Å². The van der Waals surface area contributed by atoms with Crippen LogP contribution < -0.4 is 4.90 Å². The molecule has 1 saturated heterocycles. The maximum absolute atomic E-state index is 13.0. The Bertz CT molecular complexity index is 1230. The van der Waals surface area contributed by atoms with E-state index in [9.17, 15) is 4.79 Å². The molecular weight excluding hydrogens is 422 g/mol. The Morgan fingerprint density at radius 3 is 2.32 bits per heavy atom. The van der Waals surface area contributed by atoms with E-state index < -0.39 is 0 Å². The molecule has 1 aliphatic rings. The molecule has 6 heteroatoms. The zero-order valence-corrected chi connectivity index (χ0v) is 19.5. The van der Waals surface area contributed by atoms with Crippen LogP contribution in [0, 0.1) is 6.92 Å². The fourth-order valence-electron chi connectivity index (χ4n) is 4.39. The van der Waals surface area contributed by atoms with Gasteiger partial charge in [-0.2, -0.15) is 5.10 Å².